The molecule has 1 saturated heterocycles. The molecule has 1 aliphatic heterocycles. The van der Waals surface area contributed by atoms with Crippen LogP contribution < -0.4 is 10.2 Å². The Labute approximate surface area is 197 Å². The van der Waals surface area contributed by atoms with Gasteiger partial charge in [0.2, 0.25) is 0 Å². The second-order valence-electron chi connectivity index (χ2n) is 10.6. The molecule has 0 radical (unpaired) electrons. The molecule has 0 amide bonds. The van der Waals surface area contributed by atoms with Gasteiger partial charge in [0.1, 0.15) is 17.5 Å². The topological polar surface area (TPSA) is 68.1 Å². The summed E-state index contributed by atoms with van der Waals surface area (Å²) in [7, 11) is 0. The number of benzene rings is 1. The van der Waals surface area contributed by atoms with Gasteiger partial charge in [-0.2, -0.15) is 0 Å². The van der Waals surface area contributed by atoms with Crippen molar-refractivity contribution in [2.75, 3.05) is 36.4 Å². The standard InChI is InChI=1S/C27H36N6/c1-2-4-24-30-25(16-26(31-24)33-13-11-32(12-14-33)21-5-3-6-21)29-23-15-19(7-8-20(23)18-28)22-17-27(22)9-10-27/h7-8,15-16,18,21-22,28H,2-6,9-14,17H2,1H3,(H,29,30,31). The molecule has 1 aromatic heterocycles. The number of aromatic nitrogens is 2. The Balaban J connectivity index is 1.23. The third kappa shape index (κ3) is 4.14. The van der Waals surface area contributed by atoms with E-state index in [2.05, 4.69) is 46.3 Å². The number of anilines is 3. The molecule has 1 spiro atoms. The van der Waals surface area contributed by atoms with E-state index in [4.69, 9.17) is 15.4 Å². The van der Waals surface area contributed by atoms with E-state index in [0.29, 0.717) is 11.3 Å². The number of hydrogen-bond donors (Lipinski definition) is 2. The number of nitrogens with one attached hydrogen (secondary N) is 2. The van der Waals surface area contributed by atoms with Gasteiger partial charge in [-0.1, -0.05) is 25.5 Å². The summed E-state index contributed by atoms with van der Waals surface area (Å²) in [5.74, 6) is 3.50. The summed E-state index contributed by atoms with van der Waals surface area (Å²) in [5.41, 5.74) is 3.94. The summed E-state index contributed by atoms with van der Waals surface area (Å²) in [4.78, 5) is 14.9. The van der Waals surface area contributed by atoms with Crippen LogP contribution in [0.1, 0.15) is 74.7 Å². The normalized spacial score (nSPS) is 23.9. The zero-order chi connectivity index (χ0) is 22.4. The van der Waals surface area contributed by atoms with Crippen LogP contribution in [0.4, 0.5) is 17.3 Å². The van der Waals surface area contributed by atoms with Gasteiger partial charge in [0.05, 0.1) is 0 Å². The third-order valence-corrected chi connectivity index (χ3v) is 8.44. The minimum Gasteiger partial charge on any atom is -0.354 e. The highest BCUT2D eigenvalue weighted by molar-refractivity contribution is 5.87. The van der Waals surface area contributed by atoms with Crippen molar-refractivity contribution < 1.29 is 0 Å². The summed E-state index contributed by atoms with van der Waals surface area (Å²) in [6.07, 6.45) is 11.6. The van der Waals surface area contributed by atoms with Crippen LogP contribution in [0.25, 0.3) is 0 Å². The smallest absolute Gasteiger partial charge is 0.136 e. The van der Waals surface area contributed by atoms with Crippen molar-refractivity contribution in [3.63, 3.8) is 0 Å². The Hall–Kier alpha value is -2.47. The first kappa shape index (κ1) is 21.1. The Kier molecular flexibility index (Phi) is 5.36. The highest BCUT2D eigenvalue weighted by atomic mass is 15.3. The van der Waals surface area contributed by atoms with Crippen molar-refractivity contribution in [1.82, 2.24) is 14.9 Å². The van der Waals surface area contributed by atoms with E-state index in [1.54, 1.807) is 0 Å². The average Bonchev–Trinajstić information content (AvgIpc) is 3.72. The first-order valence-electron chi connectivity index (χ1n) is 13.0. The minimum absolute atomic E-state index is 0.626. The van der Waals surface area contributed by atoms with E-state index >= 15 is 0 Å². The van der Waals surface area contributed by atoms with Gasteiger partial charge in [-0.3, -0.25) is 4.90 Å². The molecule has 2 heterocycles. The Bertz CT molecular complexity index is 1030. The number of nitrogens with zero attached hydrogens (tertiary/aromatic N) is 4. The van der Waals surface area contributed by atoms with Crippen LogP contribution in [0, 0.1) is 10.8 Å². The fourth-order valence-corrected chi connectivity index (χ4v) is 5.81. The van der Waals surface area contributed by atoms with Crippen LogP contribution in [-0.2, 0) is 6.42 Å². The van der Waals surface area contributed by atoms with Gasteiger partial charge in [-0.15, -0.1) is 0 Å². The maximum Gasteiger partial charge on any atom is 0.136 e. The number of rotatable bonds is 8. The van der Waals surface area contributed by atoms with Gasteiger partial charge in [-0.05, 0) is 61.5 Å². The fraction of sp³-hybridized carbons (Fsp3) is 0.593. The average molecular weight is 445 g/mol. The van der Waals surface area contributed by atoms with Crippen molar-refractivity contribution in [3.8, 4) is 0 Å². The molecule has 1 aromatic carbocycles. The van der Waals surface area contributed by atoms with E-state index in [1.165, 1.54) is 50.3 Å². The molecular weight excluding hydrogens is 408 g/mol. The molecule has 1 unspecified atom stereocenters. The lowest BCUT2D eigenvalue weighted by atomic mass is 9.91. The molecule has 2 aromatic rings. The molecule has 4 aliphatic rings. The highest BCUT2D eigenvalue weighted by Gasteiger charge is 2.62. The first-order valence-corrected chi connectivity index (χ1v) is 13.0. The summed E-state index contributed by atoms with van der Waals surface area (Å²) in [6.45, 7) is 6.50. The van der Waals surface area contributed by atoms with Gasteiger partial charge < -0.3 is 15.6 Å². The monoisotopic (exact) mass is 444 g/mol. The molecule has 6 rings (SSSR count). The molecule has 3 aliphatic carbocycles. The van der Waals surface area contributed by atoms with Crippen LogP contribution in [0.5, 0.6) is 0 Å². The van der Waals surface area contributed by atoms with E-state index in [1.807, 2.05) is 0 Å². The summed E-state index contributed by atoms with van der Waals surface area (Å²) in [5, 5.41) is 11.5. The number of piperazine rings is 1. The lowest BCUT2D eigenvalue weighted by Gasteiger charge is -2.43. The van der Waals surface area contributed by atoms with Gasteiger partial charge >= 0.3 is 0 Å². The van der Waals surface area contributed by atoms with Gasteiger partial charge in [0.15, 0.2) is 0 Å². The van der Waals surface area contributed by atoms with E-state index in [9.17, 15) is 0 Å². The van der Waals surface area contributed by atoms with Crippen LogP contribution in [0.2, 0.25) is 0 Å². The number of hydrogen-bond acceptors (Lipinski definition) is 6. The van der Waals surface area contributed by atoms with Crippen molar-refractivity contribution in [2.45, 2.75) is 70.3 Å². The molecule has 4 fully saturated rings. The van der Waals surface area contributed by atoms with Crippen LogP contribution in [0.15, 0.2) is 24.3 Å². The summed E-state index contributed by atoms with van der Waals surface area (Å²) >= 11 is 0. The molecule has 1 atom stereocenters. The maximum atomic E-state index is 7.91. The number of aryl methyl sites for hydroxylation is 1. The molecule has 3 saturated carbocycles. The molecule has 6 nitrogen and oxygen atoms in total. The minimum atomic E-state index is 0.626. The maximum absolute atomic E-state index is 7.91. The molecule has 6 heteroatoms. The van der Waals surface area contributed by atoms with Gasteiger partial charge in [-0.25, -0.2) is 9.97 Å². The first-order chi connectivity index (χ1) is 16.2. The molecular formula is C27H36N6. The molecule has 174 valence electrons. The highest BCUT2D eigenvalue weighted by Crippen LogP contribution is 2.75. The third-order valence-electron chi connectivity index (χ3n) is 8.44. The quantitative estimate of drug-likeness (QED) is 0.554. The van der Waals surface area contributed by atoms with E-state index < -0.39 is 0 Å². The Morgan fingerprint density at radius 3 is 2.58 bits per heavy atom. The predicted octanol–water partition coefficient (Wildman–Crippen LogP) is 5.11. The molecule has 0 bridgehead atoms. The second kappa shape index (κ2) is 8.39. The fourth-order valence-electron chi connectivity index (χ4n) is 5.81. The van der Waals surface area contributed by atoms with E-state index in [-0.39, 0.29) is 0 Å². The second-order valence-corrected chi connectivity index (χ2v) is 10.6. The van der Waals surface area contributed by atoms with Crippen LogP contribution in [0.3, 0.4) is 0 Å². The van der Waals surface area contributed by atoms with Gasteiger partial charge in [0, 0.05) is 62.2 Å². The van der Waals surface area contributed by atoms with Gasteiger partial charge in [0.25, 0.3) is 0 Å². The molecule has 33 heavy (non-hydrogen) atoms. The van der Waals surface area contributed by atoms with Crippen molar-refractivity contribution in [2.24, 2.45) is 5.41 Å². The zero-order valence-electron chi connectivity index (χ0n) is 19.8. The van der Waals surface area contributed by atoms with Crippen molar-refractivity contribution >= 4 is 23.5 Å². The largest absolute Gasteiger partial charge is 0.354 e. The SMILES string of the molecule is CCCc1nc(Nc2cc(C3CC34CC4)ccc2C=N)cc(N2CCN(C3CCC3)CC2)n1. The predicted molar refractivity (Wildman–Crippen MR) is 134 cm³/mol. The summed E-state index contributed by atoms with van der Waals surface area (Å²) < 4.78 is 0. The molecule has 2 N–H and O–H groups in total. The lowest BCUT2D eigenvalue weighted by molar-refractivity contribution is 0.120. The Morgan fingerprint density at radius 2 is 1.94 bits per heavy atom. The van der Waals surface area contributed by atoms with E-state index in [0.717, 1.165) is 73.8 Å². The van der Waals surface area contributed by atoms with Crippen molar-refractivity contribution in [1.29, 1.82) is 5.41 Å². The van der Waals surface area contributed by atoms with Crippen LogP contribution in [-0.4, -0.2) is 53.3 Å². The summed E-state index contributed by atoms with van der Waals surface area (Å²) in [6, 6.07) is 9.50. The zero-order valence-corrected chi connectivity index (χ0v) is 19.8. The lowest BCUT2D eigenvalue weighted by Crippen LogP contribution is -2.52. The Morgan fingerprint density at radius 1 is 1.12 bits per heavy atom. The van der Waals surface area contributed by atoms with Crippen LogP contribution >= 0.6 is 0 Å². The van der Waals surface area contributed by atoms with Crippen molar-refractivity contribution in [3.05, 3.63) is 41.2 Å².